The van der Waals surface area contributed by atoms with Crippen LogP contribution in [-0.4, -0.2) is 23.3 Å². The summed E-state index contributed by atoms with van der Waals surface area (Å²) in [5.74, 6) is -0.993. The first kappa shape index (κ1) is 18.7. The number of aryl methyl sites for hydroxylation is 1. The lowest BCUT2D eigenvalue weighted by Gasteiger charge is -2.34. The van der Waals surface area contributed by atoms with Crippen molar-refractivity contribution in [3.8, 4) is 11.1 Å². The Labute approximate surface area is 168 Å². The molecule has 4 rings (SSSR count). The second kappa shape index (κ2) is 6.73. The highest BCUT2D eigenvalue weighted by molar-refractivity contribution is 6.42. The molecule has 2 aliphatic rings. The molecule has 3 atom stereocenters. The van der Waals surface area contributed by atoms with Gasteiger partial charge in [0.2, 0.25) is 0 Å². The Hall–Kier alpha value is -1.68. The van der Waals surface area contributed by atoms with Crippen molar-refractivity contribution in [3.05, 3.63) is 57.6 Å². The summed E-state index contributed by atoms with van der Waals surface area (Å²) in [5, 5.41) is 0.962. The first-order chi connectivity index (χ1) is 12.8. The molecular weight excluding hydrogens is 383 g/mol. The quantitative estimate of drug-likeness (QED) is 0.645. The van der Waals surface area contributed by atoms with Crippen molar-refractivity contribution < 1.29 is 14.3 Å². The van der Waals surface area contributed by atoms with E-state index in [1.54, 1.807) is 12.1 Å². The Balaban J connectivity index is 1.83. The smallest absolute Gasteiger partial charge is 0.179 e. The van der Waals surface area contributed by atoms with Crippen molar-refractivity contribution in [3.63, 3.8) is 0 Å². The highest BCUT2D eigenvalue weighted by Crippen LogP contribution is 2.44. The third-order valence-corrected chi connectivity index (χ3v) is 6.50. The van der Waals surface area contributed by atoms with Crippen LogP contribution >= 0.6 is 23.2 Å². The molecule has 0 aromatic heterocycles. The van der Waals surface area contributed by atoms with Crippen molar-refractivity contribution >= 4 is 34.8 Å². The minimum Gasteiger partial charge on any atom is -0.356 e. The highest BCUT2D eigenvalue weighted by atomic mass is 35.5. The summed E-state index contributed by atoms with van der Waals surface area (Å²) in [6, 6.07) is 11.4. The molecule has 0 spiro atoms. The molecule has 2 aromatic carbocycles. The molecule has 1 unspecified atom stereocenters. The fraction of sp³-hybridized carbons (Fsp3) is 0.364. The van der Waals surface area contributed by atoms with Crippen LogP contribution in [0.1, 0.15) is 43.7 Å². The van der Waals surface area contributed by atoms with E-state index in [0.29, 0.717) is 22.9 Å². The van der Waals surface area contributed by atoms with E-state index < -0.39 is 17.6 Å². The average molecular weight is 403 g/mol. The number of rotatable bonds is 3. The number of benzene rings is 2. The van der Waals surface area contributed by atoms with Gasteiger partial charge in [-0.15, -0.1) is 0 Å². The van der Waals surface area contributed by atoms with Crippen LogP contribution in [0.25, 0.3) is 11.1 Å². The number of hydrogen-bond donors (Lipinski definition) is 0. The summed E-state index contributed by atoms with van der Waals surface area (Å²) < 4.78 is 5.75. The van der Waals surface area contributed by atoms with Crippen molar-refractivity contribution in [2.75, 3.05) is 0 Å². The average Bonchev–Trinajstić information content (AvgIpc) is 3.03. The first-order valence-corrected chi connectivity index (χ1v) is 9.94. The molecule has 2 aromatic rings. The summed E-state index contributed by atoms with van der Waals surface area (Å²) in [5.41, 5.74) is 2.75. The van der Waals surface area contributed by atoms with Crippen LogP contribution in [0.2, 0.25) is 10.0 Å². The normalized spacial score (nSPS) is 27.3. The number of hydrogen-bond acceptors (Lipinski definition) is 3. The molecule has 0 N–H and O–H groups in total. The molecule has 0 saturated carbocycles. The molecule has 2 heterocycles. The van der Waals surface area contributed by atoms with Gasteiger partial charge in [-0.05, 0) is 66.6 Å². The summed E-state index contributed by atoms with van der Waals surface area (Å²) in [6.07, 6.45) is 1.49. The van der Waals surface area contributed by atoms with Gasteiger partial charge >= 0.3 is 0 Å². The second-order valence-corrected chi connectivity index (χ2v) is 8.29. The fourth-order valence-electron chi connectivity index (χ4n) is 4.18. The third kappa shape index (κ3) is 3.02. The zero-order chi connectivity index (χ0) is 19.3. The summed E-state index contributed by atoms with van der Waals surface area (Å²) in [7, 11) is 0. The predicted molar refractivity (Wildman–Crippen MR) is 107 cm³/mol. The van der Waals surface area contributed by atoms with Crippen LogP contribution in [-0.2, 0) is 20.7 Å². The Morgan fingerprint density at radius 3 is 2.48 bits per heavy atom. The fourth-order valence-corrected chi connectivity index (χ4v) is 4.47. The van der Waals surface area contributed by atoms with Crippen LogP contribution in [0.15, 0.2) is 36.4 Å². The molecule has 3 nitrogen and oxygen atoms in total. The van der Waals surface area contributed by atoms with E-state index >= 15 is 0 Å². The Morgan fingerprint density at radius 1 is 1.07 bits per heavy atom. The lowest BCUT2D eigenvalue weighted by atomic mass is 9.78. The zero-order valence-corrected chi connectivity index (χ0v) is 16.7. The van der Waals surface area contributed by atoms with Gasteiger partial charge in [0.1, 0.15) is 17.6 Å². The van der Waals surface area contributed by atoms with Crippen LogP contribution in [0, 0.1) is 0 Å². The maximum atomic E-state index is 13.1. The first-order valence-electron chi connectivity index (χ1n) is 9.18. The van der Waals surface area contributed by atoms with E-state index in [4.69, 9.17) is 27.9 Å². The van der Waals surface area contributed by atoms with E-state index in [0.717, 1.165) is 28.7 Å². The van der Waals surface area contributed by atoms with E-state index in [1.165, 1.54) is 0 Å². The number of fused-ring (bicyclic) bond motifs is 2. The van der Waals surface area contributed by atoms with Crippen LogP contribution in [0.3, 0.4) is 0 Å². The molecule has 5 heteroatoms. The van der Waals surface area contributed by atoms with Gasteiger partial charge in [0.15, 0.2) is 11.6 Å². The number of ketones is 2. The van der Waals surface area contributed by atoms with Gasteiger partial charge in [-0.1, -0.05) is 48.3 Å². The van der Waals surface area contributed by atoms with E-state index in [1.807, 2.05) is 38.1 Å². The third-order valence-electron chi connectivity index (χ3n) is 5.76. The van der Waals surface area contributed by atoms with Gasteiger partial charge in [-0.2, -0.15) is 0 Å². The van der Waals surface area contributed by atoms with Gasteiger partial charge in [0, 0.05) is 0 Å². The van der Waals surface area contributed by atoms with Gasteiger partial charge < -0.3 is 4.74 Å². The summed E-state index contributed by atoms with van der Waals surface area (Å²) in [6.45, 7) is 3.84. The summed E-state index contributed by atoms with van der Waals surface area (Å²) >= 11 is 12.2. The molecule has 2 saturated heterocycles. The van der Waals surface area contributed by atoms with Crippen LogP contribution in [0.5, 0.6) is 0 Å². The Kier molecular flexibility index (Phi) is 4.66. The Morgan fingerprint density at radius 2 is 1.78 bits per heavy atom. The zero-order valence-electron chi connectivity index (χ0n) is 15.2. The molecule has 0 radical (unpaired) electrons. The Bertz CT molecular complexity index is 953. The van der Waals surface area contributed by atoms with E-state index in [2.05, 4.69) is 0 Å². The lowest BCUT2D eigenvalue weighted by molar-refractivity contribution is -0.160. The van der Waals surface area contributed by atoms with E-state index in [-0.39, 0.29) is 11.6 Å². The largest absolute Gasteiger partial charge is 0.356 e. The van der Waals surface area contributed by atoms with Crippen LogP contribution < -0.4 is 0 Å². The number of ether oxygens (including phenoxy) is 1. The van der Waals surface area contributed by atoms with Gasteiger partial charge in [0.05, 0.1) is 10.0 Å². The number of halogens is 2. The maximum Gasteiger partial charge on any atom is 0.179 e. The monoisotopic (exact) mass is 402 g/mol. The SMILES string of the molecule is CCc1ccc(-c2ccc(Cl)c(Cl)c2)cc1C1C(=O)[C@@H]2CC[C@@](C)(O2)C1=O. The minimum absolute atomic E-state index is 0.115. The van der Waals surface area contributed by atoms with Crippen molar-refractivity contribution in [2.45, 2.75) is 50.7 Å². The van der Waals surface area contributed by atoms with Crippen molar-refractivity contribution in [1.29, 1.82) is 0 Å². The van der Waals surface area contributed by atoms with Crippen molar-refractivity contribution in [1.82, 2.24) is 0 Å². The molecular formula is C22H20Cl2O3. The lowest BCUT2D eigenvalue weighted by Crippen LogP contribution is -2.49. The van der Waals surface area contributed by atoms with Gasteiger partial charge in [-0.3, -0.25) is 9.59 Å². The number of carbonyl (C=O) groups excluding carboxylic acids is 2. The molecule has 2 fully saturated rings. The molecule has 2 aliphatic heterocycles. The van der Waals surface area contributed by atoms with Crippen molar-refractivity contribution in [2.24, 2.45) is 0 Å². The predicted octanol–water partition coefficient (Wildman–Crippen LogP) is 5.40. The maximum absolute atomic E-state index is 13.1. The molecule has 27 heavy (non-hydrogen) atoms. The molecule has 0 amide bonds. The standard InChI is InChI=1S/C22H20Cl2O3/c1-3-12-4-5-13(14-6-7-16(23)17(24)11-14)10-15(12)19-20(25)18-8-9-22(2,27-18)21(19)26/h4-7,10-11,18-19H,3,8-9H2,1-2H3/t18-,19?,22+/m0/s1. The second-order valence-electron chi connectivity index (χ2n) is 7.47. The van der Waals surface area contributed by atoms with Gasteiger partial charge in [0.25, 0.3) is 0 Å². The van der Waals surface area contributed by atoms with Crippen LogP contribution in [0.4, 0.5) is 0 Å². The minimum atomic E-state index is -0.853. The highest BCUT2D eigenvalue weighted by Gasteiger charge is 2.55. The topological polar surface area (TPSA) is 43.4 Å². The molecule has 0 aliphatic carbocycles. The summed E-state index contributed by atoms with van der Waals surface area (Å²) in [4.78, 5) is 26.1. The number of carbonyl (C=O) groups is 2. The number of Topliss-reactive ketones (excluding diaryl/α,β-unsaturated/α-hetero) is 2. The van der Waals surface area contributed by atoms with E-state index in [9.17, 15) is 9.59 Å². The van der Waals surface area contributed by atoms with Gasteiger partial charge in [-0.25, -0.2) is 0 Å². The molecule has 2 bridgehead atoms. The molecule has 140 valence electrons.